The van der Waals surface area contributed by atoms with Gasteiger partial charge in [-0.2, -0.15) is 0 Å². The molecule has 0 aromatic heterocycles. The summed E-state index contributed by atoms with van der Waals surface area (Å²) in [7, 11) is 1.42. The van der Waals surface area contributed by atoms with Crippen molar-refractivity contribution < 1.29 is 19.1 Å². The van der Waals surface area contributed by atoms with Crippen LogP contribution >= 0.6 is 0 Å². The lowest BCUT2D eigenvalue weighted by Gasteiger charge is -2.33. The second kappa shape index (κ2) is 5.12. The van der Waals surface area contributed by atoms with Crippen molar-refractivity contribution in [2.45, 2.75) is 45.4 Å². The van der Waals surface area contributed by atoms with Gasteiger partial charge in [0.25, 0.3) is 0 Å². The van der Waals surface area contributed by atoms with Gasteiger partial charge in [-0.1, -0.05) is 6.42 Å². The molecule has 2 aliphatic rings. The van der Waals surface area contributed by atoms with Crippen LogP contribution in [0.4, 0.5) is 0 Å². The molecule has 100 valence electrons. The molecule has 0 aromatic carbocycles. The van der Waals surface area contributed by atoms with Crippen LogP contribution in [0.1, 0.15) is 45.4 Å². The highest BCUT2D eigenvalue weighted by Crippen LogP contribution is 2.52. The number of methoxy groups -OCH3 is 1. The molecule has 2 rings (SSSR count). The van der Waals surface area contributed by atoms with Crippen molar-refractivity contribution in [1.82, 2.24) is 0 Å². The molecule has 18 heavy (non-hydrogen) atoms. The molecule has 1 atom stereocenters. The molecule has 4 heteroatoms. The summed E-state index contributed by atoms with van der Waals surface area (Å²) in [5, 5.41) is 0. The summed E-state index contributed by atoms with van der Waals surface area (Å²) in [4.78, 5) is 24.0. The maximum absolute atomic E-state index is 12.1. The van der Waals surface area contributed by atoms with Gasteiger partial charge in [-0.05, 0) is 44.6 Å². The molecule has 0 saturated heterocycles. The van der Waals surface area contributed by atoms with Gasteiger partial charge < -0.3 is 9.47 Å². The summed E-state index contributed by atoms with van der Waals surface area (Å²) >= 11 is 0. The van der Waals surface area contributed by atoms with Crippen LogP contribution in [0.25, 0.3) is 0 Å². The van der Waals surface area contributed by atoms with E-state index in [1.807, 2.05) is 0 Å². The highest BCUT2D eigenvalue weighted by molar-refractivity contribution is 5.94. The van der Waals surface area contributed by atoms with Crippen molar-refractivity contribution in [3.8, 4) is 0 Å². The Morgan fingerprint density at radius 3 is 2.67 bits per heavy atom. The first-order valence-corrected chi connectivity index (χ1v) is 6.63. The van der Waals surface area contributed by atoms with Gasteiger partial charge in [-0.3, -0.25) is 4.79 Å². The number of carbonyl (C=O) groups excluding carboxylic acids is 2. The Kier molecular flexibility index (Phi) is 3.73. The number of esters is 2. The highest BCUT2D eigenvalue weighted by atomic mass is 16.5. The summed E-state index contributed by atoms with van der Waals surface area (Å²) in [6, 6.07) is 0. The van der Waals surface area contributed by atoms with Gasteiger partial charge in [0.05, 0.1) is 19.1 Å². The van der Waals surface area contributed by atoms with E-state index in [1.165, 1.54) is 7.11 Å². The third-order valence-corrected chi connectivity index (χ3v) is 4.12. The summed E-state index contributed by atoms with van der Waals surface area (Å²) in [6.45, 7) is 2.17. The van der Waals surface area contributed by atoms with Crippen LogP contribution in [-0.2, 0) is 19.1 Å². The normalized spacial score (nSPS) is 26.8. The Balaban J connectivity index is 2.35. The van der Waals surface area contributed by atoms with Crippen LogP contribution in [0.2, 0.25) is 0 Å². The molecule has 1 unspecified atom stereocenters. The van der Waals surface area contributed by atoms with Crippen molar-refractivity contribution in [1.29, 1.82) is 0 Å². The van der Waals surface area contributed by atoms with Crippen LogP contribution in [0.5, 0.6) is 0 Å². The molecule has 0 amide bonds. The van der Waals surface area contributed by atoms with Crippen LogP contribution in [0.3, 0.4) is 0 Å². The Morgan fingerprint density at radius 2 is 2.00 bits per heavy atom. The van der Waals surface area contributed by atoms with Crippen molar-refractivity contribution >= 4 is 11.9 Å². The van der Waals surface area contributed by atoms with E-state index in [4.69, 9.17) is 9.47 Å². The molecule has 0 radical (unpaired) electrons. The fourth-order valence-corrected chi connectivity index (χ4v) is 3.29. The maximum Gasteiger partial charge on any atom is 0.333 e. The minimum Gasteiger partial charge on any atom is -0.468 e. The molecule has 0 bridgehead atoms. The van der Waals surface area contributed by atoms with E-state index in [-0.39, 0.29) is 11.9 Å². The second-order valence-electron chi connectivity index (χ2n) is 4.96. The van der Waals surface area contributed by atoms with Gasteiger partial charge in [0.15, 0.2) is 0 Å². The molecule has 1 fully saturated rings. The molecule has 2 aliphatic carbocycles. The number of ether oxygens (including phenoxy) is 2. The van der Waals surface area contributed by atoms with Crippen LogP contribution in [0.15, 0.2) is 11.1 Å². The quantitative estimate of drug-likeness (QED) is 0.724. The lowest BCUT2D eigenvalue weighted by molar-refractivity contribution is -0.151. The SMILES string of the molecule is CCOC(=O)C1=C2CCCCC2(C(=O)OC)CC1. The van der Waals surface area contributed by atoms with E-state index in [0.29, 0.717) is 19.4 Å². The summed E-state index contributed by atoms with van der Waals surface area (Å²) in [5.74, 6) is -0.434. The van der Waals surface area contributed by atoms with E-state index in [2.05, 4.69) is 0 Å². The van der Waals surface area contributed by atoms with Gasteiger partial charge in [0.1, 0.15) is 0 Å². The lowest BCUT2D eigenvalue weighted by Crippen LogP contribution is -2.34. The molecule has 0 heterocycles. The van der Waals surface area contributed by atoms with Gasteiger partial charge in [0, 0.05) is 5.57 Å². The largest absolute Gasteiger partial charge is 0.468 e. The Labute approximate surface area is 107 Å². The van der Waals surface area contributed by atoms with Crippen molar-refractivity contribution in [3.05, 3.63) is 11.1 Å². The van der Waals surface area contributed by atoms with Gasteiger partial charge in [0.2, 0.25) is 0 Å². The predicted octanol–water partition coefficient (Wildman–Crippen LogP) is 2.37. The van der Waals surface area contributed by atoms with Gasteiger partial charge in [-0.25, -0.2) is 4.79 Å². The minimum atomic E-state index is -0.533. The van der Waals surface area contributed by atoms with Crippen molar-refractivity contribution in [2.24, 2.45) is 5.41 Å². The molecular formula is C14H20O4. The first-order valence-electron chi connectivity index (χ1n) is 6.63. The Morgan fingerprint density at radius 1 is 1.22 bits per heavy atom. The van der Waals surface area contributed by atoms with E-state index >= 15 is 0 Å². The maximum atomic E-state index is 12.1. The zero-order chi connectivity index (χ0) is 13.2. The summed E-state index contributed by atoms with van der Waals surface area (Å²) < 4.78 is 10.0. The van der Waals surface area contributed by atoms with E-state index in [1.54, 1.807) is 6.92 Å². The van der Waals surface area contributed by atoms with Crippen LogP contribution in [-0.4, -0.2) is 25.7 Å². The zero-order valence-electron chi connectivity index (χ0n) is 11.1. The van der Waals surface area contributed by atoms with Crippen LogP contribution < -0.4 is 0 Å². The number of fused-ring (bicyclic) bond motifs is 1. The fourth-order valence-electron chi connectivity index (χ4n) is 3.29. The standard InChI is InChI=1S/C14H20O4/c1-3-18-12(15)10-7-9-14(13(16)17-2)8-5-4-6-11(10)14/h3-9H2,1-2H3. The monoisotopic (exact) mass is 252 g/mol. The third kappa shape index (κ3) is 1.93. The first kappa shape index (κ1) is 13.1. The van der Waals surface area contributed by atoms with Gasteiger partial charge >= 0.3 is 11.9 Å². The summed E-state index contributed by atoms with van der Waals surface area (Å²) in [5.41, 5.74) is 1.18. The number of carbonyl (C=O) groups is 2. The van der Waals surface area contributed by atoms with E-state index in [0.717, 1.165) is 36.8 Å². The van der Waals surface area contributed by atoms with Crippen molar-refractivity contribution in [3.63, 3.8) is 0 Å². The molecular weight excluding hydrogens is 232 g/mol. The highest BCUT2D eigenvalue weighted by Gasteiger charge is 2.50. The van der Waals surface area contributed by atoms with Crippen LogP contribution in [0, 0.1) is 5.41 Å². The number of rotatable bonds is 3. The Hall–Kier alpha value is -1.32. The minimum absolute atomic E-state index is 0.184. The first-order chi connectivity index (χ1) is 8.65. The molecule has 0 aliphatic heterocycles. The topological polar surface area (TPSA) is 52.6 Å². The van der Waals surface area contributed by atoms with E-state index < -0.39 is 5.41 Å². The zero-order valence-corrected chi connectivity index (χ0v) is 11.1. The summed E-state index contributed by atoms with van der Waals surface area (Å²) in [6.07, 6.45) is 5.03. The average molecular weight is 252 g/mol. The lowest BCUT2D eigenvalue weighted by atomic mass is 9.71. The average Bonchev–Trinajstić information content (AvgIpc) is 2.78. The molecule has 4 nitrogen and oxygen atoms in total. The predicted molar refractivity (Wildman–Crippen MR) is 65.8 cm³/mol. The van der Waals surface area contributed by atoms with E-state index in [9.17, 15) is 9.59 Å². The smallest absolute Gasteiger partial charge is 0.333 e. The molecule has 0 N–H and O–H groups in total. The molecule has 1 saturated carbocycles. The second-order valence-corrected chi connectivity index (χ2v) is 4.96. The molecule has 0 aromatic rings. The van der Waals surface area contributed by atoms with Crippen molar-refractivity contribution in [2.75, 3.05) is 13.7 Å². The number of hydrogen-bond donors (Lipinski definition) is 0. The third-order valence-electron chi connectivity index (χ3n) is 4.12. The fraction of sp³-hybridized carbons (Fsp3) is 0.714. The number of hydrogen-bond acceptors (Lipinski definition) is 4. The molecule has 0 spiro atoms. The van der Waals surface area contributed by atoms with Gasteiger partial charge in [-0.15, -0.1) is 0 Å². The Bertz CT molecular complexity index is 397.